The van der Waals surface area contributed by atoms with E-state index in [2.05, 4.69) is 15.9 Å². The predicted octanol–water partition coefficient (Wildman–Crippen LogP) is 3.61. The minimum atomic E-state index is -0.00637. The fourth-order valence-electron chi connectivity index (χ4n) is 1.98. The van der Waals surface area contributed by atoms with Gasteiger partial charge in [0.25, 0.3) is 5.91 Å². The Morgan fingerprint density at radius 1 is 1.25 bits per heavy atom. The maximum atomic E-state index is 12.4. The first-order valence-electron chi connectivity index (χ1n) is 6.33. The van der Waals surface area contributed by atoms with E-state index in [9.17, 15) is 4.79 Å². The van der Waals surface area contributed by atoms with Crippen molar-refractivity contribution in [2.75, 3.05) is 12.8 Å². The Balaban J connectivity index is 2.14. The van der Waals surface area contributed by atoms with Crippen LogP contribution in [0.3, 0.4) is 0 Å². The average molecular weight is 333 g/mol. The van der Waals surface area contributed by atoms with Gasteiger partial charge in [0.1, 0.15) is 0 Å². The summed E-state index contributed by atoms with van der Waals surface area (Å²) >= 11 is 3.45. The van der Waals surface area contributed by atoms with E-state index in [4.69, 9.17) is 5.73 Å². The highest BCUT2D eigenvalue weighted by atomic mass is 79.9. The van der Waals surface area contributed by atoms with E-state index in [0.717, 1.165) is 15.6 Å². The molecule has 0 aliphatic heterocycles. The summed E-state index contributed by atoms with van der Waals surface area (Å²) in [5.41, 5.74) is 9.26. The number of aryl methyl sites for hydroxylation is 1. The highest BCUT2D eigenvalue weighted by molar-refractivity contribution is 9.10. The Morgan fingerprint density at radius 3 is 2.65 bits per heavy atom. The molecule has 0 heterocycles. The van der Waals surface area contributed by atoms with Gasteiger partial charge in [0.2, 0.25) is 0 Å². The van der Waals surface area contributed by atoms with Gasteiger partial charge in [-0.25, -0.2) is 0 Å². The lowest BCUT2D eigenvalue weighted by atomic mass is 10.1. The molecule has 3 nitrogen and oxygen atoms in total. The Labute approximate surface area is 127 Å². The smallest absolute Gasteiger partial charge is 0.253 e. The van der Waals surface area contributed by atoms with Gasteiger partial charge < -0.3 is 10.6 Å². The Morgan fingerprint density at radius 2 is 2.00 bits per heavy atom. The van der Waals surface area contributed by atoms with Crippen LogP contribution >= 0.6 is 15.9 Å². The van der Waals surface area contributed by atoms with E-state index < -0.39 is 0 Å². The summed E-state index contributed by atoms with van der Waals surface area (Å²) in [6, 6.07) is 13.2. The third kappa shape index (κ3) is 3.39. The van der Waals surface area contributed by atoms with Gasteiger partial charge in [-0.3, -0.25) is 4.79 Å². The average Bonchev–Trinajstić information content (AvgIpc) is 2.41. The quantitative estimate of drug-likeness (QED) is 0.872. The molecule has 0 aliphatic carbocycles. The van der Waals surface area contributed by atoms with E-state index in [1.807, 2.05) is 49.4 Å². The molecule has 0 saturated heterocycles. The van der Waals surface area contributed by atoms with Crippen LogP contribution in [0.4, 0.5) is 5.69 Å². The SMILES string of the molecule is Cc1ccc(C(=O)N(C)Cc2cccc(N)c2)cc1Br. The van der Waals surface area contributed by atoms with E-state index >= 15 is 0 Å². The van der Waals surface area contributed by atoms with Gasteiger partial charge in [-0.15, -0.1) is 0 Å². The lowest BCUT2D eigenvalue weighted by molar-refractivity contribution is 0.0785. The molecule has 0 aliphatic rings. The second-order valence-electron chi connectivity index (χ2n) is 4.87. The van der Waals surface area contributed by atoms with Crippen LogP contribution < -0.4 is 5.73 Å². The van der Waals surface area contributed by atoms with Crippen LogP contribution in [0.1, 0.15) is 21.5 Å². The highest BCUT2D eigenvalue weighted by Crippen LogP contribution is 2.19. The summed E-state index contributed by atoms with van der Waals surface area (Å²) in [4.78, 5) is 14.1. The first-order valence-corrected chi connectivity index (χ1v) is 7.12. The fourth-order valence-corrected chi connectivity index (χ4v) is 2.36. The minimum Gasteiger partial charge on any atom is -0.399 e. The third-order valence-corrected chi connectivity index (χ3v) is 3.99. The molecule has 0 fully saturated rings. The Kier molecular flexibility index (Phi) is 4.45. The molecule has 0 aromatic heterocycles. The van der Waals surface area contributed by atoms with Crippen LogP contribution in [0.5, 0.6) is 0 Å². The number of nitrogen functional groups attached to an aromatic ring is 1. The number of halogens is 1. The summed E-state index contributed by atoms with van der Waals surface area (Å²) < 4.78 is 0.945. The number of nitrogens with zero attached hydrogens (tertiary/aromatic N) is 1. The molecule has 104 valence electrons. The van der Waals surface area contributed by atoms with Gasteiger partial charge in [-0.2, -0.15) is 0 Å². The van der Waals surface area contributed by atoms with Crippen LogP contribution in [-0.4, -0.2) is 17.9 Å². The molecule has 0 bridgehead atoms. The summed E-state index contributed by atoms with van der Waals surface area (Å²) in [6.45, 7) is 2.53. The van der Waals surface area contributed by atoms with Crippen LogP contribution in [0.15, 0.2) is 46.9 Å². The maximum absolute atomic E-state index is 12.4. The predicted molar refractivity (Wildman–Crippen MR) is 85.5 cm³/mol. The number of hydrogen-bond acceptors (Lipinski definition) is 2. The second-order valence-corrected chi connectivity index (χ2v) is 5.72. The molecule has 4 heteroatoms. The van der Waals surface area contributed by atoms with Crippen molar-refractivity contribution in [2.24, 2.45) is 0 Å². The standard InChI is InChI=1S/C16H17BrN2O/c1-11-6-7-13(9-15(11)17)16(20)19(2)10-12-4-3-5-14(18)8-12/h3-9H,10,18H2,1-2H3. The summed E-state index contributed by atoms with van der Waals surface area (Å²) in [6.07, 6.45) is 0. The number of anilines is 1. The van der Waals surface area contributed by atoms with Crippen molar-refractivity contribution in [3.63, 3.8) is 0 Å². The van der Waals surface area contributed by atoms with Crippen molar-refractivity contribution >= 4 is 27.5 Å². The van der Waals surface area contributed by atoms with Crippen molar-refractivity contribution < 1.29 is 4.79 Å². The molecule has 0 radical (unpaired) electrons. The number of benzene rings is 2. The molecular formula is C16H17BrN2O. The molecule has 1 amide bonds. The number of hydrogen-bond donors (Lipinski definition) is 1. The zero-order valence-corrected chi connectivity index (χ0v) is 13.1. The fraction of sp³-hybridized carbons (Fsp3) is 0.188. The van der Waals surface area contributed by atoms with Crippen molar-refractivity contribution in [3.05, 3.63) is 63.6 Å². The van der Waals surface area contributed by atoms with Gasteiger partial charge in [0, 0.05) is 29.3 Å². The van der Waals surface area contributed by atoms with Crippen molar-refractivity contribution in [3.8, 4) is 0 Å². The Bertz CT molecular complexity index is 640. The van der Waals surface area contributed by atoms with Gasteiger partial charge in [0.15, 0.2) is 0 Å². The number of nitrogens with two attached hydrogens (primary N) is 1. The van der Waals surface area contributed by atoms with Gasteiger partial charge in [-0.05, 0) is 42.3 Å². The molecule has 20 heavy (non-hydrogen) atoms. The monoisotopic (exact) mass is 332 g/mol. The second kappa shape index (κ2) is 6.09. The lowest BCUT2D eigenvalue weighted by Crippen LogP contribution is -2.26. The van der Waals surface area contributed by atoms with E-state index in [0.29, 0.717) is 17.8 Å². The molecule has 0 saturated carbocycles. The number of rotatable bonds is 3. The van der Waals surface area contributed by atoms with Crippen LogP contribution in [0.25, 0.3) is 0 Å². The number of carbonyl (C=O) groups excluding carboxylic acids is 1. The summed E-state index contributed by atoms with van der Waals surface area (Å²) in [5.74, 6) is -0.00637. The number of carbonyl (C=O) groups is 1. The zero-order chi connectivity index (χ0) is 14.7. The molecular weight excluding hydrogens is 316 g/mol. The normalized spacial score (nSPS) is 10.3. The summed E-state index contributed by atoms with van der Waals surface area (Å²) in [5, 5.41) is 0. The van der Waals surface area contributed by atoms with E-state index in [1.165, 1.54) is 0 Å². The van der Waals surface area contributed by atoms with E-state index in [-0.39, 0.29) is 5.91 Å². The van der Waals surface area contributed by atoms with Crippen LogP contribution in [0.2, 0.25) is 0 Å². The van der Waals surface area contributed by atoms with Crippen LogP contribution in [-0.2, 0) is 6.54 Å². The molecule has 2 N–H and O–H groups in total. The van der Waals surface area contributed by atoms with E-state index in [1.54, 1.807) is 11.9 Å². The van der Waals surface area contributed by atoms with Crippen molar-refractivity contribution in [2.45, 2.75) is 13.5 Å². The minimum absolute atomic E-state index is 0.00637. The molecule has 2 aromatic rings. The third-order valence-electron chi connectivity index (χ3n) is 3.14. The van der Waals surface area contributed by atoms with Crippen molar-refractivity contribution in [1.82, 2.24) is 4.90 Å². The van der Waals surface area contributed by atoms with Crippen molar-refractivity contribution in [1.29, 1.82) is 0 Å². The molecule has 0 spiro atoms. The van der Waals surface area contributed by atoms with Gasteiger partial charge in [-0.1, -0.05) is 34.1 Å². The zero-order valence-electron chi connectivity index (χ0n) is 11.6. The molecule has 2 aromatic carbocycles. The summed E-state index contributed by atoms with van der Waals surface area (Å²) in [7, 11) is 1.79. The van der Waals surface area contributed by atoms with Gasteiger partial charge >= 0.3 is 0 Å². The van der Waals surface area contributed by atoms with Crippen LogP contribution in [0, 0.1) is 6.92 Å². The first-order chi connectivity index (χ1) is 9.47. The lowest BCUT2D eigenvalue weighted by Gasteiger charge is -2.18. The molecule has 2 rings (SSSR count). The Hall–Kier alpha value is -1.81. The highest BCUT2D eigenvalue weighted by Gasteiger charge is 2.13. The van der Waals surface area contributed by atoms with Gasteiger partial charge in [0.05, 0.1) is 0 Å². The molecule has 0 atom stereocenters. The molecule has 0 unspecified atom stereocenters. The first kappa shape index (κ1) is 14.6. The largest absolute Gasteiger partial charge is 0.399 e. The topological polar surface area (TPSA) is 46.3 Å². The number of amides is 1. The maximum Gasteiger partial charge on any atom is 0.253 e.